The van der Waals surface area contributed by atoms with Crippen molar-refractivity contribution in [2.45, 2.75) is 19.6 Å². The van der Waals surface area contributed by atoms with Gasteiger partial charge in [0, 0.05) is 66.3 Å². The molecule has 3 aromatic rings. The standard InChI is InChI=1S/C26H31ClN4O3S/c1-19-6-3-4-9-23(19)26-29-24(20(2)34-26)17-35(33)18-25(32)28-10-11-30-12-14-31(15-13-30)22-8-5-7-21(27)16-22/h3-9,16H,10-15,17-18H2,1-2H3,(H,28,32)/t35-/m0/s1. The lowest BCUT2D eigenvalue weighted by Gasteiger charge is -2.36. The van der Waals surface area contributed by atoms with Crippen LogP contribution in [-0.2, 0) is 21.3 Å². The Hall–Kier alpha value is -2.68. The molecule has 0 spiro atoms. The minimum absolute atomic E-state index is 0.0471. The van der Waals surface area contributed by atoms with E-state index in [0.29, 0.717) is 23.9 Å². The number of hydrogen-bond acceptors (Lipinski definition) is 6. The summed E-state index contributed by atoms with van der Waals surface area (Å²) in [6.07, 6.45) is 0. The Bertz CT molecular complexity index is 1190. The molecule has 9 heteroatoms. The smallest absolute Gasteiger partial charge is 0.232 e. The molecule has 1 aromatic heterocycles. The zero-order chi connectivity index (χ0) is 24.8. The number of benzene rings is 2. The predicted molar refractivity (Wildman–Crippen MR) is 141 cm³/mol. The molecule has 1 amide bonds. The molecule has 1 aliphatic rings. The minimum atomic E-state index is -1.36. The number of piperazine rings is 1. The van der Waals surface area contributed by atoms with E-state index in [1.165, 1.54) is 0 Å². The summed E-state index contributed by atoms with van der Waals surface area (Å²) in [6, 6.07) is 15.8. The molecule has 7 nitrogen and oxygen atoms in total. The summed E-state index contributed by atoms with van der Waals surface area (Å²) in [5.74, 6) is 1.09. The molecule has 4 rings (SSSR count). The Labute approximate surface area is 213 Å². The number of halogens is 1. The number of oxazole rings is 1. The van der Waals surface area contributed by atoms with E-state index in [-0.39, 0.29) is 17.4 Å². The van der Waals surface area contributed by atoms with Gasteiger partial charge in [-0.15, -0.1) is 0 Å². The maximum atomic E-state index is 12.6. The van der Waals surface area contributed by atoms with E-state index < -0.39 is 10.8 Å². The number of aromatic nitrogens is 1. The molecular formula is C26H31ClN4O3S. The van der Waals surface area contributed by atoms with E-state index in [1.54, 1.807) is 0 Å². The van der Waals surface area contributed by atoms with Crippen LogP contribution in [0.1, 0.15) is 17.0 Å². The zero-order valence-electron chi connectivity index (χ0n) is 20.1. The molecule has 1 atom stereocenters. The molecule has 186 valence electrons. The summed E-state index contributed by atoms with van der Waals surface area (Å²) < 4.78 is 18.4. The highest BCUT2D eigenvalue weighted by molar-refractivity contribution is 7.84. The number of hydrogen-bond donors (Lipinski definition) is 1. The molecule has 1 fully saturated rings. The first-order valence-corrected chi connectivity index (χ1v) is 13.6. The minimum Gasteiger partial charge on any atom is -0.441 e. The van der Waals surface area contributed by atoms with E-state index in [1.807, 2.05) is 56.3 Å². The summed E-state index contributed by atoms with van der Waals surface area (Å²) in [7, 11) is -1.36. The summed E-state index contributed by atoms with van der Waals surface area (Å²) in [5, 5.41) is 3.65. The van der Waals surface area contributed by atoms with Crippen molar-refractivity contribution in [2.24, 2.45) is 0 Å². The van der Waals surface area contributed by atoms with Crippen molar-refractivity contribution in [1.29, 1.82) is 0 Å². The zero-order valence-corrected chi connectivity index (χ0v) is 21.7. The largest absolute Gasteiger partial charge is 0.441 e. The molecule has 1 N–H and O–H groups in total. The van der Waals surface area contributed by atoms with E-state index in [4.69, 9.17) is 16.0 Å². The second kappa shape index (κ2) is 11.8. The average Bonchev–Trinajstić information content (AvgIpc) is 3.19. The first kappa shape index (κ1) is 25.4. The molecule has 0 unspecified atom stereocenters. The number of amides is 1. The van der Waals surface area contributed by atoms with Crippen molar-refractivity contribution < 1.29 is 13.4 Å². The van der Waals surface area contributed by atoms with Gasteiger partial charge in [-0.25, -0.2) is 4.98 Å². The average molecular weight is 515 g/mol. The van der Waals surface area contributed by atoms with Gasteiger partial charge < -0.3 is 14.6 Å². The maximum Gasteiger partial charge on any atom is 0.232 e. The van der Waals surface area contributed by atoms with Crippen LogP contribution in [0.2, 0.25) is 5.02 Å². The van der Waals surface area contributed by atoms with Crippen LogP contribution in [0.15, 0.2) is 52.9 Å². The molecule has 2 aromatic carbocycles. The molecule has 2 heterocycles. The first-order chi connectivity index (χ1) is 16.9. The van der Waals surface area contributed by atoms with Crippen LogP contribution in [0.4, 0.5) is 5.69 Å². The van der Waals surface area contributed by atoms with Gasteiger partial charge in [-0.05, 0) is 43.7 Å². The van der Waals surface area contributed by atoms with Crippen LogP contribution < -0.4 is 10.2 Å². The van der Waals surface area contributed by atoms with Gasteiger partial charge in [-0.3, -0.25) is 13.9 Å². The Kier molecular flexibility index (Phi) is 8.59. The van der Waals surface area contributed by atoms with Crippen LogP contribution in [0.25, 0.3) is 11.5 Å². The summed E-state index contributed by atoms with van der Waals surface area (Å²) in [4.78, 5) is 21.5. The van der Waals surface area contributed by atoms with Gasteiger partial charge in [-0.1, -0.05) is 35.9 Å². The third kappa shape index (κ3) is 6.93. The second-order valence-electron chi connectivity index (χ2n) is 8.72. The Balaban J connectivity index is 1.18. The summed E-state index contributed by atoms with van der Waals surface area (Å²) in [5.41, 5.74) is 3.75. The SMILES string of the molecule is Cc1ccccc1-c1nc(C[S@](=O)CC(=O)NCCN2CCN(c3cccc(Cl)c3)CC2)c(C)o1. The highest BCUT2D eigenvalue weighted by Gasteiger charge is 2.19. The number of nitrogens with zero attached hydrogens (tertiary/aromatic N) is 3. The monoisotopic (exact) mass is 514 g/mol. The lowest BCUT2D eigenvalue weighted by Crippen LogP contribution is -2.48. The molecule has 1 aliphatic heterocycles. The Morgan fingerprint density at radius 3 is 2.63 bits per heavy atom. The third-order valence-electron chi connectivity index (χ3n) is 6.15. The van der Waals surface area contributed by atoms with Crippen molar-refractivity contribution in [2.75, 3.05) is 49.9 Å². The first-order valence-electron chi connectivity index (χ1n) is 11.8. The number of rotatable bonds is 9. The highest BCUT2D eigenvalue weighted by atomic mass is 35.5. The quantitative estimate of drug-likeness (QED) is 0.468. The van der Waals surface area contributed by atoms with Gasteiger partial charge in [0.05, 0.1) is 11.4 Å². The second-order valence-corrected chi connectivity index (χ2v) is 10.6. The van der Waals surface area contributed by atoms with Crippen LogP contribution >= 0.6 is 11.6 Å². The Morgan fingerprint density at radius 2 is 1.89 bits per heavy atom. The van der Waals surface area contributed by atoms with Gasteiger partial charge in [0.2, 0.25) is 11.8 Å². The number of nitrogens with one attached hydrogen (secondary N) is 1. The van der Waals surface area contributed by atoms with Crippen molar-refractivity contribution in [3.05, 3.63) is 70.6 Å². The number of aryl methyl sites for hydroxylation is 2. The normalized spacial score (nSPS) is 15.2. The van der Waals surface area contributed by atoms with Crippen LogP contribution in [-0.4, -0.2) is 65.0 Å². The van der Waals surface area contributed by atoms with Crippen molar-refractivity contribution in [1.82, 2.24) is 15.2 Å². The molecule has 0 saturated carbocycles. The molecule has 0 aliphatic carbocycles. The Morgan fingerprint density at radius 1 is 1.11 bits per heavy atom. The van der Waals surface area contributed by atoms with Crippen molar-refractivity contribution >= 4 is 34.0 Å². The van der Waals surface area contributed by atoms with E-state index in [9.17, 15) is 9.00 Å². The predicted octanol–water partition coefficient (Wildman–Crippen LogP) is 3.80. The highest BCUT2D eigenvalue weighted by Crippen LogP contribution is 2.25. The lowest BCUT2D eigenvalue weighted by atomic mass is 10.1. The van der Waals surface area contributed by atoms with Gasteiger partial charge in [-0.2, -0.15) is 0 Å². The van der Waals surface area contributed by atoms with Gasteiger partial charge in [0.25, 0.3) is 0 Å². The lowest BCUT2D eigenvalue weighted by molar-refractivity contribution is -0.118. The third-order valence-corrected chi connectivity index (χ3v) is 7.57. The summed E-state index contributed by atoms with van der Waals surface area (Å²) in [6.45, 7) is 8.78. The fourth-order valence-electron chi connectivity index (χ4n) is 4.15. The molecular weight excluding hydrogens is 484 g/mol. The molecule has 1 saturated heterocycles. The molecule has 35 heavy (non-hydrogen) atoms. The van der Waals surface area contributed by atoms with Crippen molar-refractivity contribution in [3.63, 3.8) is 0 Å². The van der Waals surface area contributed by atoms with Crippen molar-refractivity contribution in [3.8, 4) is 11.5 Å². The van der Waals surface area contributed by atoms with E-state index >= 15 is 0 Å². The van der Waals surface area contributed by atoms with Crippen LogP contribution in [0, 0.1) is 13.8 Å². The fourth-order valence-corrected chi connectivity index (χ4v) is 5.40. The number of anilines is 1. The molecule has 0 radical (unpaired) electrons. The van der Waals surface area contributed by atoms with Gasteiger partial charge in [0.1, 0.15) is 11.5 Å². The number of carbonyl (C=O) groups excluding carboxylic acids is 1. The van der Waals surface area contributed by atoms with E-state index in [2.05, 4.69) is 26.2 Å². The van der Waals surface area contributed by atoms with Gasteiger partial charge >= 0.3 is 0 Å². The number of carbonyl (C=O) groups is 1. The van der Waals surface area contributed by atoms with Gasteiger partial charge in [0.15, 0.2) is 0 Å². The van der Waals surface area contributed by atoms with Crippen LogP contribution in [0.3, 0.4) is 0 Å². The maximum absolute atomic E-state index is 12.6. The topological polar surface area (TPSA) is 78.7 Å². The molecule has 0 bridgehead atoms. The summed E-state index contributed by atoms with van der Waals surface area (Å²) >= 11 is 6.10. The van der Waals surface area contributed by atoms with Crippen LogP contribution in [0.5, 0.6) is 0 Å². The fraction of sp³-hybridized carbons (Fsp3) is 0.385. The van der Waals surface area contributed by atoms with E-state index in [0.717, 1.165) is 54.6 Å².